The summed E-state index contributed by atoms with van der Waals surface area (Å²) < 4.78 is 21.6. The van der Waals surface area contributed by atoms with E-state index in [-0.39, 0.29) is 12.2 Å². The van der Waals surface area contributed by atoms with Crippen molar-refractivity contribution in [3.63, 3.8) is 0 Å². The third-order valence-electron chi connectivity index (χ3n) is 3.36. The van der Waals surface area contributed by atoms with Gasteiger partial charge in [-0.3, -0.25) is 0 Å². The van der Waals surface area contributed by atoms with Crippen LogP contribution in [0, 0.1) is 22.7 Å². The molecule has 0 amide bonds. The second-order valence-corrected chi connectivity index (χ2v) is 4.75. The smallest absolute Gasteiger partial charge is 0.203 e. The fourth-order valence-corrected chi connectivity index (χ4v) is 2.19. The van der Waals surface area contributed by atoms with E-state index in [1.807, 2.05) is 12.1 Å². The van der Waals surface area contributed by atoms with Gasteiger partial charge in [-0.25, -0.2) is 0 Å². The highest BCUT2D eigenvalue weighted by Gasteiger charge is 2.13. The summed E-state index contributed by atoms with van der Waals surface area (Å²) in [6, 6.07) is 12.3. The van der Waals surface area contributed by atoms with Gasteiger partial charge in [0, 0.05) is 0 Å². The zero-order valence-electron chi connectivity index (χ0n) is 13.6. The van der Waals surface area contributed by atoms with E-state index in [1.165, 1.54) is 13.2 Å². The fourth-order valence-electron chi connectivity index (χ4n) is 2.19. The fraction of sp³-hybridized carbons (Fsp3) is 0.222. The molecule has 0 saturated heterocycles. The minimum Gasteiger partial charge on any atom is -0.493 e. The normalized spacial score (nSPS) is 9.54. The van der Waals surface area contributed by atoms with E-state index < -0.39 is 0 Å². The van der Waals surface area contributed by atoms with E-state index in [0.717, 1.165) is 5.56 Å². The number of nitrogens with zero attached hydrogens (tertiary/aromatic N) is 2. The Morgan fingerprint density at radius 3 is 1.96 bits per heavy atom. The highest BCUT2D eigenvalue weighted by Crippen LogP contribution is 2.38. The lowest BCUT2D eigenvalue weighted by Gasteiger charge is -2.14. The second kappa shape index (κ2) is 7.75. The van der Waals surface area contributed by atoms with Crippen LogP contribution in [0.25, 0.3) is 0 Å². The Morgan fingerprint density at radius 1 is 0.833 bits per heavy atom. The molecule has 6 nitrogen and oxygen atoms in total. The Hall–Kier alpha value is -3.38. The average molecular weight is 324 g/mol. The molecule has 0 aliphatic heterocycles. The van der Waals surface area contributed by atoms with Gasteiger partial charge in [0.25, 0.3) is 0 Å². The molecule has 0 aromatic heterocycles. The molecule has 0 spiro atoms. The molecule has 0 N–H and O–H groups in total. The molecule has 0 aliphatic rings. The van der Waals surface area contributed by atoms with Crippen molar-refractivity contribution in [2.75, 3.05) is 21.3 Å². The van der Waals surface area contributed by atoms with Gasteiger partial charge in [-0.05, 0) is 35.9 Å². The molecule has 2 aromatic carbocycles. The maximum absolute atomic E-state index is 9.05. The highest BCUT2D eigenvalue weighted by atomic mass is 16.5. The molecule has 2 aromatic rings. The predicted molar refractivity (Wildman–Crippen MR) is 86.3 cm³/mol. The summed E-state index contributed by atoms with van der Waals surface area (Å²) in [5.74, 6) is 2.08. The van der Waals surface area contributed by atoms with Crippen LogP contribution in [0.15, 0.2) is 30.3 Å². The summed E-state index contributed by atoms with van der Waals surface area (Å²) in [6.45, 7) is 0.244. The molecule has 2 rings (SSSR count). The lowest BCUT2D eigenvalue weighted by molar-refractivity contribution is 0.298. The molecular formula is C18H16N2O4. The molecule has 0 bridgehead atoms. The first-order valence-electron chi connectivity index (χ1n) is 7.02. The summed E-state index contributed by atoms with van der Waals surface area (Å²) in [7, 11) is 4.63. The molecule has 0 aliphatic carbocycles. The Bertz CT molecular complexity index is 794. The van der Waals surface area contributed by atoms with Gasteiger partial charge in [-0.2, -0.15) is 10.5 Å². The van der Waals surface area contributed by atoms with E-state index in [2.05, 4.69) is 0 Å². The minimum absolute atomic E-state index is 0.244. The van der Waals surface area contributed by atoms with Gasteiger partial charge in [0.05, 0.1) is 32.5 Å². The second-order valence-electron chi connectivity index (χ2n) is 4.75. The molecule has 6 heteroatoms. The molecule has 0 atom stereocenters. The molecule has 0 saturated carbocycles. The molecule has 122 valence electrons. The number of methoxy groups -OCH3 is 3. The van der Waals surface area contributed by atoms with Gasteiger partial charge in [0.1, 0.15) is 24.5 Å². The first-order valence-corrected chi connectivity index (χ1v) is 7.02. The summed E-state index contributed by atoms with van der Waals surface area (Å²) in [5.41, 5.74) is 1.41. The molecule has 0 unspecified atom stereocenters. The zero-order chi connectivity index (χ0) is 17.5. The maximum atomic E-state index is 9.05. The summed E-state index contributed by atoms with van der Waals surface area (Å²) >= 11 is 0. The van der Waals surface area contributed by atoms with Gasteiger partial charge < -0.3 is 18.9 Å². The lowest BCUT2D eigenvalue weighted by Crippen LogP contribution is -2.00. The summed E-state index contributed by atoms with van der Waals surface area (Å²) in [4.78, 5) is 0. The summed E-state index contributed by atoms with van der Waals surface area (Å²) in [5, 5.41) is 18.0. The number of rotatable bonds is 6. The largest absolute Gasteiger partial charge is 0.493 e. The van der Waals surface area contributed by atoms with E-state index in [9.17, 15) is 0 Å². The lowest BCUT2D eigenvalue weighted by atomic mass is 10.1. The number of hydrogen-bond acceptors (Lipinski definition) is 6. The van der Waals surface area contributed by atoms with Crippen molar-refractivity contribution in [3.8, 4) is 35.1 Å². The van der Waals surface area contributed by atoms with Gasteiger partial charge >= 0.3 is 0 Å². The van der Waals surface area contributed by atoms with E-state index in [4.69, 9.17) is 29.5 Å². The first kappa shape index (κ1) is 17.0. The van der Waals surface area contributed by atoms with Crippen LogP contribution in [-0.4, -0.2) is 21.3 Å². The van der Waals surface area contributed by atoms with Crippen LogP contribution < -0.4 is 18.9 Å². The van der Waals surface area contributed by atoms with Gasteiger partial charge in [0.2, 0.25) is 5.75 Å². The zero-order valence-corrected chi connectivity index (χ0v) is 13.6. The predicted octanol–water partition coefficient (Wildman–Crippen LogP) is 3.03. The van der Waals surface area contributed by atoms with Crippen LogP contribution in [0.5, 0.6) is 23.0 Å². The van der Waals surface area contributed by atoms with Crippen LogP contribution in [0.4, 0.5) is 0 Å². The van der Waals surface area contributed by atoms with Crippen molar-refractivity contribution < 1.29 is 18.9 Å². The molecule has 24 heavy (non-hydrogen) atoms. The number of hydrogen-bond donors (Lipinski definition) is 0. The van der Waals surface area contributed by atoms with Crippen molar-refractivity contribution >= 4 is 0 Å². The van der Waals surface area contributed by atoms with Crippen molar-refractivity contribution in [1.29, 1.82) is 10.5 Å². The highest BCUT2D eigenvalue weighted by molar-refractivity contribution is 5.54. The van der Waals surface area contributed by atoms with Crippen LogP contribution in [0.3, 0.4) is 0 Å². The number of ether oxygens (including phenoxy) is 4. The van der Waals surface area contributed by atoms with Crippen LogP contribution in [0.1, 0.15) is 16.7 Å². The van der Waals surface area contributed by atoms with Crippen molar-refractivity contribution in [2.24, 2.45) is 0 Å². The Balaban J connectivity index is 2.24. The Morgan fingerprint density at radius 2 is 1.46 bits per heavy atom. The van der Waals surface area contributed by atoms with Crippen LogP contribution in [0.2, 0.25) is 0 Å². The Labute approximate surface area is 140 Å². The van der Waals surface area contributed by atoms with E-state index in [0.29, 0.717) is 28.6 Å². The molecule has 0 radical (unpaired) electrons. The quantitative estimate of drug-likeness (QED) is 0.812. The standard InChI is InChI=1S/C18H16N2O4/c1-21-16-6-12(7-17(22-2)18(16)23-3)11-24-15-5-4-13(9-19)14(8-15)10-20/h4-8H,11H2,1-3H3. The van der Waals surface area contributed by atoms with Crippen LogP contribution in [-0.2, 0) is 6.61 Å². The van der Waals surface area contributed by atoms with Gasteiger partial charge in [-0.1, -0.05) is 0 Å². The van der Waals surface area contributed by atoms with E-state index in [1.54, 1.807) is 38.5 Å². The summed E-state index contributed by atoms with van der Waals surface area (Å²) in [6.07, 6.45) is 0. The molecule has 0 heterocycles. The molecular weight excluding hydrogens is 308 g/mol. The van der Waals surface area contributed by atoms with Crippen molar-refractivity contribution in [3.05, 3.63) is 47.0 Å². The first-order chi connectivity index (χ1) is 11.7. The monoisotopic (exact) mass is 324 g/mol. The maximum Gasteiger partial charge on any atom is 0.203 e. The number of nitriles is 2. The van der Waals surface area contributed by atoms with Crippen molar-refractivity contribution in [1.82, 2.24) is 0 Å². The van der Waals surface area contributed by atoms with Crippen molar-refractivity contribution in [2.45, 2.75) is 6.61 Å². The SMILES string of the molecule is COc1cc(COc2ccc(C#N)c(C#N)c2)cc(OC)c1OC. The van der Waals surface area contributed by atoms with Gasteiger partial charge in [0.15, 0.2) is 11.5 Å². The molecule has 0 fully saturated rings. The minimum atomic E-state index is 0.244. The topological polar surface area (TPSA) is 84.5 Å². The van der Waals surface area contributed by atoms with E-state index >= 15 is 0 Å². The average Bonchev–Trinajstić information content (AvgIpc) is 2.64. The Kier molecular flexibility index (Phi) is 5.49. The van der Waals surface area contributed by atoms with Crippen LogP contribution >= 0.6 is 0 Å². The third kappa shape index (κ3) is 3.50. The third-order valence-corrected chi connectivity index (χ3v) is 3.36. The van der Waals surface area contributed by atoms with Gasteiger partial charge in [-0.15, -0.1) is 0 Å². The number of benzene rings is 2.